The number of carbonyl (C=O) groups excluding carboxylic acids is 1. The SMILES string of the molecule is CC(C)C(=O)CCC[C@H]1CC[C@H](C(C)C)CC1. The normalized spacial score (nSPS) is 25.5. The Balaban J connectivity index is 2.12. The van der Waals surface area contributed by atoms with E-state index in [9.17, 15) is 4.79 Å². The highest BCUT2D eigenvalue weighted by Crippen LogP contribution is 2.35. The molecule has 0 heterocycles. The summed E-state index contributed by atoms with van der Waals surface area (Å²) in [6, 6.07) is 0. The summed E-state index contributed by atoms with van der Waals surface area (Å²) in [4.78, 5) is 11.5. The summed E-state index contributed by atoms with van der Waals surface area (Å²) in [5.41, 5.74) is 0. The monoisotopic (exact) mass is 238 g/mol. The van der Waals surface area contributed by atoms with Crippen LogP contribution in [-0.2, 0) is 4.79 Å². The van der Waals surface area contributed by atoms with E-state index in [1.54, 1.807) is 0 Å². The van der Waals surface area contributed by atoms with Crippen molar-refractivity contribution in [2.75, 3.05) is 0 Å². The molecule has 0 radical (unpaired) electrons. The minimum Gasteiger partial charge on any atom is -0.299 e. The lowest BCUT2D eigenvalue weighted by Gasteiger charge is -2.30. The highest BCUT2D eigenvalue weighted by Gasteiger charge is 2.23. The number of rotatable bonds is 6. The molecule has 0 spiro atoms. The van der Waals surface area contributed by atoms with Gasteiger partial charge in [-0.3, -0.25) is 4.79 Å². The number of ketones is 1. The molecule has 0 N–H and O–H groups in total. The lowest BCUT2D eigenvalue weighted by Crippen LogP contribution is -2.18. The van der Waals surface area contributed by atoms with Gasteiger partial charge >= 0.3 is 0 Å². The van der Waals surface area contributed by atoms with Gasteiger partial charge in [0, 0.05) is 12.3 Å². The number of hydrogen-bond donors (Lipinski definition) is 0. The van der Waals surface area contributed by atoms with Gasteiger partial charge in [-0.05, 0) is 37.0 Å². The van der Waals surface area contributed by atoms with Crippen LogP contribution in [0.3, 0.4) is 0 Å². The van der Waals surface area contributed by atoms with Gasteiger partial charge in [0.2, 0.25) is 0 Å². The third kappa shape index (κ3) is 5.23. The third-order valence-corrected chi connectivity index (χ3v) is 4.51. The maximum absolute atomic E-state index is 11.5. The van der Waals surface area contributed by atoms with E-state index in [1.807, 2.05) is 13.8 Å². The Bertz CT molecular complexity index is 222. The molecule has 0 aromatic heterocycles. The fourth-order valence-electron chi connectivity index (χ4n) is 3.00. The third-order valence-electron chi connectivity index (χ3n) is 4.51. The van der Waals surface area contributed by atoms with Crippen LogP contribution in [0.1, 0.15) is 72.6 Å². The number of carbonyl (C=O) groups is 1. The molecule has 1 heteroatoms. The van der Waals surface area contributed by atoms with Crippen LogP contribution in [0.25, 0.3) is 0 Å². The first-order valence-corrected chi connectivity index (χ1v) is 7.53. The molecule has 100 valence electrons. The topological polar surface area (TPSA) is 17.1 Å². The first kappa shape index (κ1) is 14.7. The van der Waals surface area contributed by atoms with Crippen LogP contribution in [0.4, 0.5) is 0 Å². The first-order valence-electron chi connectivity index (χ1n) is 7.53. The van der Waals surface area contributed by atoms with Gasteiger partial charge in [0.05, 0.1) is 0 Å². The standard InChI is InChI=1S/C16H30O/c1-12(2)15-10-8-14(9-11-15)6-5-7-16(17)13(3)4/h12-15H,5-11H2,1-4H3/t14-,15-. The largest absolute Gasteiger partial charge is 0.299 e. The summed E-state index contributed by atoms with van der Waals surface area (Å²) in [5, 5.41) is 0. The summed E-state index contributed by atoms with van der Waals surface area (Å²) >= 11 is 0. The average molecular weight is 238 g/mol. The molecule has 1 rings (SSSR count). The minimum absolute atomic E-state index is 0.228. The Labute approximate surface area is 107 Å². The highest BCUT2D eigenvalue weighted by atomic mass is 16.1. The van der Waals surface area contributed by atoms with Crippen molar-refractivity contribution in [3.63, 3.8) is 0 Å². The highest BCUT2D eigenvalue weighted by molar-refractivity contribution is 5.80. The van der Waals surface area contributed by atoms with E-state index in [1.165, 1.54) is 32.1 Å². The second kappa shape index (κ2) is 7.18. The maximum Gasteiger partial charge on any atom is 0.135 e. The zero-order valence-corrected chi connectivity index (χ0v) is 12.2. The maximum atomic E-state index is 11.5. The second-order valence-electron chi connectivity index (χ2n) is 6.54. The first-order chi connectivity index (χ1) is 8.00. The Morgan fingerprint density at radius 1 is 1.06 bits per heavy atom. The van der Waals surface area contributed by atoms with Crippen LogP contribution in [0, 0.1) is 23.7 Å². The van der Waals surface area contributed by atoms with E-state index in [-0.39, 0.29) is 5.92 Å². The molecule has 0 bridgehead atoms. The van der Waals surface area contributed by atoms with Crippen molar-refractivity contribution in [3.05, 3.63) is 0 Å². The van der Waals surface area contributed by atoms with Gasteiger partial charge in [0.1, 0.15) is 5.78 Å². The zero-order chi connectivity index (χ0) is 12.8. The van der Waals surface area contributed by atoms with Gasteiger partial charge in [0.25, 0.3) is 0 Å². The molecule has 0 atom stereocenters. The van der Waals surface area contributed by atoms with Crippen LogP contribution < -0.4 is 0 Å². The predicted octanol–water partition coefficient (Wildman–Crippen LogP) is 4.84. The van der Waals surface area contributed by atoms with Gasteiger partial charge in [0.15, 0.2) is 0 Å². The van der Waals surface area contributed by atoms with Crippen molar-refractivity contribution in [1.29, 1.82) is 0 Å². The lowest BCUT2D eigenvalue weighted by atomic mass is 9.75. The van der Waals surface area contributed by atoms with Gasteiger partial charge in [-0.15, -0.1) is 0 Å². The molecule has 17 heavy (non-hydrogen) atoms. The van der Waals surface area contributed by atoms with E-state index < -0.39 is 0 Å². The molecule has 0 amide bonds. The molecular weight excluding hydrogens is 208 g/mol. The molecule has 1 aliphatic carbocycles. The molecule has 0 aromatic rings. The zero-order valence-electron chi connectivity index (χ0n) is 12.2. The molecule has 0 aliphatic heterocycles. The van der Waals surface area contributed by atoms with Crippen LogP contribution in [0.15, 0.2) is 0 Å². The summed E-state index contributed by atoms with van der Waals surface area (Å²) in [7, 11) is 0. The van der Waals surface area contributed by atoms with Crippen LogP contribution in [-0.4, -0.2) is 5.78 Å². The van der Waals surface area contributed by atoms with Crippen molar-refractivity contribution in [2.24, 2.45) is 23.7 Å². The molecule has 0 aromatic carbocycles. The van der Waals surface area contributed by atoms with Crippen molar-refractivity contribution < 1.29 is 4.79 Å². The number of hydrogen-bond acceptors (Lipinski definition) is 1. The average Bonchev–Trinajstić information content (AvgIpc) is 2.29. The summed E-state index contributed by atoms with van der Waals surface area (Å²) in [6.45, 7) is 8.73. The molecule has 1 saturated carbocycles. The van der Waals surface area contributed by atoms with Crippen molar-refractivity contribution in [3.8, 4) is 0 Å². The smallest absolute Gasteiger partial charge is 0.135 e. The van der Waals surface area contributed by atoms with E-state index in [4.69, 9.17) is 0 Å². The fraction of sp³-hybridized carbons (Fsp3) is 0.938. The molecule has 1 aliphatic rings. The van der Waals surface area contributed by atoms with Gasteiger partial charge in [-0.2, -0.15) is 0 Å². The fourth-order valence-corrected chi connectivity index (χ4v) is 3.00. The predicted molar refractivity (Wildman–Crippen MR) is 74.0 cm³/mol. The molecular formula is C16H30O. The Hall–Kier alpha value is -0.330. The Morgan fingerprint density at radius 3 is 2.12 bits per heavy atom. The van der Waals surface area contributed by atoms with Crippen molar-refractivity contribution in [1.82, 2.24) is 0 Å². The van der Waals surface area contributed by atoms with Crippen LogP contribution >= 0.6 is 0 Å². The molecule has 0 saturated heterocycles. The van der Waals surface area contributed by atoms with Gasteiger partial charge < -0.3 is 0 Å². The van der Waals surface area contributed by atoms with Crippen molar-refractivity contribution >= 4 is 5.78 Å². The van der Waals surface area contributed by atoms with Gasteiger partial charge in [-0.25, -0.2) is 0 Å². The molecule has 1 nitrogen and oxygen atoms in total. The molecule has 1 fully saturated rings. The molecule has 0 unspecified atom stereocenters. The summed E-state index contributed by atoms with van der Waals surface area (Å²) in [5.74, 6) is 3.40. The van der Waals surface area contributed by atoms with E-state index in [0.717, 1.165) is 30.6 Å². The van der Waals surface area contributed by atoms with E-state index in [0.29, 0.717) is 5.78 Å². The Morgan fingerprint density at radius 2 is 1.65 bits per heavy atom. The van der Waals surface area contributed by atoms with Crippen molar-refractivity contribution in [2.45, 2.75) is 72.6 Å². The summed E-state index contributed by atoms with van der Waals surface area (Å²) in [6.07, 6.45) is 8.84. The second-order valence-corrected chi connectivity index (χ2v) is 6.54. The number of Topliss-reactive ketones (excluding diaryl/α,β-unsaturated/α-hetero) is 1. The van der Waals surface area contributed by atoms with Crippen LogP contribution in [0.2, 0.25) is 0 Å². The van der Waals surface area contributed by atoms with Crippen LogP contribution in [0.5, 0.6) is 0 Å². The minimum atomic E-state index is 0.228. The van der Waals surface area contributed by atoms with E-state index >= 15 is 0 Å². The van der Waals surface area contributed by atoms with E-state index in [2.05, 4.69) is 13.8 Å². The quantitative estimate of drug-likeness (QED) is 0.647. The lowest BCUT2D eigenvalue weighted by molar-refractivity contribution is -0.122. The Kier molecular flexibility index (Phi) is 6.22. The van der Waals surface area contributed by atoms with Gasteiger partial charge in [-0.1, -0.05) is 47.0 Å². The summed E-state index contributed by atoms with van der Waals surface area (Å²) < 4.78 is 0.